The van der Waals surface area contributed by atoms with Crippen LogP contribution in [-0.2, 0) is 4.79 Å². The summed E-state index contributed by atoms with van der Waals surface area (Å²) < 4.78 is 10.3. The molecule has 7 heteroatoms. The Morgan fingerprint density at radius 2 is 1.75 bits per heavy atom. The van der Waals surface area contributed by atoms with Crippen LogP contribution in [0.1, 0.15) is 17.3 Å². The van der Waals surface area contributed by atoms with Gasteiger partial charge in [-0.1, -0.05) is 6.92 Å². The van der Waals surface area contributed by atoms with Gasteiger partial charge in [0.15, 0.2) is 11.5 Å². The smallest absolute Gasteiger partial charge is 0.251 e. The first-order valence-electron chi connectivity index (χ1n) is 8.09. The average molecular weight is 335 g/mol. The second kappa shape index (κ2) is 8.54. The molecule has 1 heterocycles. The molecule has 1 aliphatic heterocycles. The van der Waals surface area contributed by atoms with Crippen molar-refractivity contribution >= 4 is 11.8 Å². The molecule has 1 N–H and O–H groups in total. The molecule has 24 heavy (non-hydrogen) atoms. The second-order valence-corrected chi connectivity index (χ2v) is 5.57. The van der Waals surface area contributed by atoms with Gasteiger partial charge in [0.25, 0.3) is 5.91 Å². The predicted octanol–water partition coefficient (Wildman–Crippen LogP) is 0.598. The first-order valence-corrected chi connectivity index (χ1v) is 8.09. The van der Waals surface area contributed by atoms with Gasteiger partial charge in [-0.3, -0.25) is 9.59 Å². The van der Waals surface area contributed by atoms with Crippen molar-refractivity contribution in [2.45, 2.75) is 6.92 Å². The molecule has 0 saturated carbocycles. The van der Waals surface area contributed by atoms with Crippen LogP contribution in [-0.4, -0.2) is 75.1 Å². The Kier molecular flexibility index (Phi) is 6.43. The van der Waals surface area contributed by atoms with Gasteiger partial charge >= 0.3 is 0 Å². The maximum atomic E-state index is 12.2. The van der Waals surface area contributed by atoms with Crippen molar-refractivity contribution in [3.8, 4) is 11.5 Å². The van der Waals surface area contributed by atoms with Crippen molar-refractivity contribution in [1.29, 1.82) is 0 Å². The van der Waals surface area contributed by atoms with E-state index in [-0.39, 0.29) is 18.4 Å². The zero-order valence-corrected chi connectivity index (χ0v) is 14.5. The lowest BCUT2D eigenvalue weighted by Gasteiger charge is -2.34. The number of rotatable bonds is 6. The fraction of sp³-hybridized carbons (Fsp3) is 0.529. The van der Waals surface area contributed by atoms with Crippen LogP contribution in [0.15, 0.2) is 18.2 Å². The number of benzene rings is 1. The standard InChI is InChI=1S/C17H25N3O4/c1-4-19-7-9-20(10-8-19)16(21)12-18-17(22)13-5-6-14(23-2)15(11-13)24-3/h5-6,11H,4,7-10,12H2,1-3H3,(H,18,22). The Bertz CT molecular complexity index is 583. The molecule has 0 atom stereocenters. The zero-order chi connectivity index (χ0) is 17.5. The van der Waals surface area contributed by atoms with E-state index >= 15 is 0 Å². The zero-order valence-electron chi connectivity index (χ0n) is 14.5. The maximum Gasteiger partial charge on any atom is 0.251 e. The molecule has 1 aliphatic rings. The van der Waals surface area contributed by atoms with Crippen molar-refractivity contribution in [2.75, 3.05) is 53.5 Å². The normalized spacial score (nSPS) is 15.0. The van der Waals surface area contributed by atoms with Gasteiger partial charge in [-0.15, -0.1) is 0 Å². The van der Waals surface area contributed by atoms with Gasteiger partial charge in [-0.2, -0.15) is 0 Å². The number of carbonyl (C=O) groups is 2. The summed E-state index contributed by atoms with van der Waals surface area (Å²) in [5.74, 6) is 0.669. The van der Waals surface area contributed by atoms with E-state index in [4.69, 9.17) is 9.47 Å². The largest absolute Gasteiger partial charge is 0.493 e. The molecule has 2 amide bonds. The summed E-state index contributed by atoms with van der Waals surface area (Å²) in [6.45, 7) is 6.29. The maximum absolute atomic E-state index is 12.2. The van der Waals surface area contributed by atoms with Gasteiger partial charge in [0.2, 0.25) is 5.91 Å². The summed E-state index contributed by atoms with van der Waals surface area (Å²) in [6.07, 6.45) is 0. The molecule has 0 radical (unpaired) electrons. The third-order valence-corrected chi connectivity index (χ3v) is 4.22. The van der Waals surface area contributed by atoms with Gasteiger partial charge in [-0.05, 0) is 24.7 Å². The van der Waals surface area contributed by atoms with Gasteiger partial charge in [0.1, 0.15) is 0 Å². The fourth-order valence-electron chi connectivity index (χ4n) is 2.66. The number of carbonyl (C=O) groups excluding carboxylic acids is 2. The number of amides is 2. The third-order valence-electron chi connectivity index (χ3n) is 4.22. The lowest BCUT2D eigenvalue weighted by Crippen LogP contribution is -2.51. The Hall–Kier alpha value is -2.28. The summed E-state index contributed by atoms with van der Waals surface area (Å²) in [7, 11) is 3.05. The van der Waals surface area contributed by atoms with Crippen LogP contribution in [0.2, 0.25) is 0 Å². The molecule has 2 rings (SSSR count). The Morgan fingerprint density at radius 3 is 2.33 bits per heavy atom. The number of likely N-dealkylation sites (N-methyl/N-ethyl adjacent to an activating group) is 1. The van der Waals surface area contributed by atoms with E-state index < -0.39 is 0 Å². The Labute approximate surface area is 142 Å². The lowest BCUT2D eigenvalue weighted by atomic mass is 10.2. The number of nitrogens with zero attached hydrogens (tertiary/aromatic N) is 2. The van der Waals surface area contributed by atoms with Crippen LogP contribution in [0.4, 0.5) is 0 Å². The molecule has 0 aliphatic carbocycles. The molecule has 132 valence electrons. The van der Waals surface area contributed by atoms with Crippen LogP contribution in [0.5, 0.6) is 11.5 Å². The molecule has 0 unspecified atom stereocenters. The molecular formula is C17H25N3O4. The molecule has 1 aromatic rings. The van der Waals surface area contributed by atoms with Crippen LogP contribution in [0.25, 0.3) is 0 Å². The highest BCUT2D eigenvalue weighted by Gasteiger charge is 2.20. The summed E-state index contributed by atoms with van der Waals surface area (Å²) in [6, 6.07) is 4.90. The minimum absolute atomic E-state index is 0.000691. The van der Waals surface area contributed by atoms with E-state index in [0.717, 1.165) is 19.6 Å². The van der Waals surface area contributed by atoms with Crippen molar-refractivity contribution in [3.63, 3.8) is 0 Å². The molecule has 1 aromatic carbocycles. The van der Waals surface area contributed by atoms with E-state index in [2.05, 4.69) is 17.1 Å². The second-order valence-electron chi connectivity index (χ2n) is 5.57. The third kappa shape index (κ3) is 4.38. The minimum Gasteiger partial charge on any atom is -0.493 e. The molecule has 7 nitrogen and oxygen atoms in total. The number of hydrogen-bond donors (Lipinski definition) is 1. The first kappa shape index (κ1) is 18.1. The Balaban J connectivity index is 1.88. The van der Waals surface area contributed by atoms with Gasteiger partial charge in [0, 0.05) is 31.7 Å². The molecule has 1 saturated heterocycles. The summed E-state index contributed by atoms with van der Waals surface area (Å²) >= 11 is 0. The van der Waals surface area contributed by atoms with Crippen molar-refractivity contribution in [3.05, 3.63) is 23.8 Å². The quantitative estimate of drug-likeness (QED) is 0.824. The Morgan fingerprint density at radius 1 is 1.08 bits per heavy atom. The average Bonchev–Trinajstić information content (AvgIpc) is 2.65. The highest BCUT2D eigenvalue weighted by molar-refractivity contribution is 5.97. The molecule has 1 fully saturated rings. The monoisotopic (exact) mass is 335 g/mol. The summed E-state index contributed by atoms with van der Waals surface area (Å²) in [4.78, 5) is 28.5. The van der Waals surface area contributed by atoms with Crippen LogP contribution >= 0.6 is 0 Å². The molecule has 0 aromatic heterocycles. The van der Waals surface area contributed by atoms with Crippen LogP contribution in [0, 0.1) is 0 Å². The van der Waals surface area contributed by atoms with Crippen molar-refractivity contribution in [1.82, 2.24) is 15.1 Å². The van der Waals surface area contributed by atoms with E-state index in [9.17, 15) is 9.59 Å². The van der Waals surface area contributed by atoms with E-state index in [1.54, 1.807) is 23.1 Å². The summed E-state index contributed by atoms with van der Waals surface area (Å²) in [5, 5.41) is 2.67. The minimum atomic E-state index is -0.309. The number of methoxy groups -OCH3 is 2. The number of hydrogen-bond acceptors (Lipinski definition) is 5. The van der Waals surface area contributed by atoms with E-state index in [1.165, 1.54) is 14.2 Å². The van der Waals surface area contributed by atoms with Gasteiger partial charge in [-0.25, -0.2) is 0 Å². The number of nitrogens with one attached hydrogen (secondary N) is 1. The fourth-order valence-corrected chi connectivity index (χ4v) is 2.66. The highest BCUT2D eigenvalue weighted by atomic mass is 16.5. The van der Waals surface area contributed by atoms with Crippen LogP contribution in [0.3, 0.4) is 0 Å². The van der Waals surface area contributed by atoms with E-state index in [1.807, 2.05) is 0 Å². The SMILES string of the molecule is CCN1CCN(C(=O)CNC(=O)c2ccc(OC)c(OC)c2)CC1. The first-order chi connectivity index (χ1) is 11.6. The van der Waals surface area contributed by atoms with Gasteiger partial charge in [0.05, 0.1) is 20.8 Å². The topological polar surface area (TPSA) is 71.1 Å². The number of ether oxygens (including phenoxy) is 2. The molecular weight excluding hydrogens is 310 g/mol. The highest BCUT2D eigenvalue weighted by Crippen LogP contribution is 2.27. The summed E-state index contributed by atoms with van der Waals surface area (Å²) in [5.41, 5.74) is 0.427. The van der Waals surface area contributed by atoms with Crippen molar-refractivity contribution < 1.29 is 19.1 Å². The molecule has 0 bridgehead atoms. The van der Waals surface area contributed by atoms with Gasteiger partial charge < -0.3 is 24.6 Å². The molecule has 0 spiro atoms. The van der Waals surface area contributed by atoms with Crippen molar-refractivity contribution in [2.24, 2.45) is 0 Å². The number of piperazine rings is 1. The van der Waals surface area contributed by atoms with Crippen LogP contribution < -0.4 is 14.8 Å². The predicted molar refractivity (Wildman–Crippen MR) is 90.6 cm³/mol. The van der Waals surface area contributed by atoms with E-state index in [0.29, 0.717) is 30.2 Å². The lowest BCUT2D eigenvalue weighted by molar-refractivity contribution is -0.131.